The minimum Gasteiger partial charge on any atom is -0.497 e. The highest BCUT2D eigenvalue weighted by molar-refractivity contribution is 6.21. The number of carbonyl (C=O) groups excluding carboxylic acids is 2. The number of nitrogens with zero attached hydrogens (tertiary/aromatic N) is 2. The summed E-state index contributed by atoms with van der Waals surface area (Å²) in [6, 6.07) is 10.5. The predicted molar refractivity (Wildman–Crippen MR) is 100 cm³/mol. The van der Waals surface area contributed by atoms with Gasteiger partial charge >= 0.3 is 0 Å². The van der Waals surface area contributed by atoms with Gasteiger partial charge in [0.1, 0.15) is 11.5 Å². The molecule has 136 valence electrons. The van der Waals surface area contributed by atoms with Crippen LogP contribution in [0.15, 0.2) is 42.6 Å². The minimum atomic E-state index is -0.307. The Morgan fingerprint density at radius 3 is 2.26 bits per heavy atom. The SMILES string of the molecule is COc1cc(OC)c2c(CN3C(=O)c4ccccc4C3=O)ncc(C)c2c1. The molecule has 6 heteroatoms. The monoisotopic (exact) mass is 362 g/mol. The first-order chi connectivity index (χ1) is 13.0. The van der Waals surface area contributed by atoms with Crippen LogP contribution in [-0.2, 0) is 6.54 Å². The van der Waals surface area contributed by atoms with Gasteiger partial charge in [0.2, 0.25) is 0 Å². The van der Waals surface area contributed by atoms with Crippen molar-refractivity contribution in [3.05, 3.63) is 65.0 Å². The standard InChI is InChI=1S/C21H18N2O4/c1-12-10-22-17(19-16(12)8-13(26-2)9-18(19)27-3)11-23-20(24)14-6-4-5-7-15(14)21(23)25/h4-10H,11H2,1-3H3. The number of benzene rings is 2. The number of pyridine rings is 1. The van der Waals surface area contributed by atoms with Crippen molar-refractivity contribution in [1.29, 1.82) is 0 Å². The van der Waals surface area contributed by atoms with Crippen LogP contribution in [0.5, 0.6) is 11.5 Å². The lowest BCUT2D eigenvalue weighted by Crippen LogP contribution is -2.29. The summed E-state index contributed by atoms with van der Waals surface area (Å²) in [6.45, 7) is 2.02. The predicted octanol–water partition coefficient (Wildman–Crippen LogP) is 3.36. The zero-order valence-electron chi connectivity index (χ0n) is 15.3. The third-order valence-corrected chi connectivity index (χ3v) is 4.84. The number of amides is 2. The van der Waals surface area contributed by atoms with Crippen molar-refractivity contribution in [3.63, 3.8) is 0 Å². The lowest BCUT2D eigenvalue weighted by molar-refractivity contribution is 0.0641. The van der Waals surface area contributed by atoms with Gasteiger partial charge in [-0.05, 0) is 36.1 Å². The highest BCUT2D eigenvalue weighted by atomic mass is 16.5. The van der Waals surface area contributed by atoms with Crippen LogP contribution in [0.1, 0.15) is 32.0 Å². The summed E-state index contributed by atoms with van der Waals surface area (Å²) in [5, 5.41) is 1.68. The maximum Gasteiger partial charge on any atom is 0.261 e. The van der Waals surface area contributed by atoms with E-state index in [1.54, 1.807) is 50.7 Å². The molecule has 0 fully saturated rings. The van der Waals surface area contributed by atoms with Gasteiger partial charge < -0.3 is 9.47 Å². The Morgan fingerprint density at radius 1 is 1.00 bits per heavy atom. The number of methoxy groups -OCH3 is 2. The molecule has 0 spiro atoms. The number of hydrogen-bond donors (Lipinski definition) is 0. The van der Waals surface area contributed by atoms with Crippen LogP contribution in [0.4, 0.5) is 0 Å². The van der Waals surface area contributed by atoms with Gasteiger partial charge in [-0.15, -0.1) is 0 Å². The quantitative estimate of drug-likeness (QED) is 0.666. The average molecular weight is 362 g/mol. The molecule has 0 saturated carbocycles. The van der Waals surface area contributed by atoms with Gasteiger partial charge in [-0.2, -0.15) is 0 Å². The van der Waals surface area contributed by atoms with E-state index >= 15 is 0 Å². The molecule has 6 nitrogen and oxygen atoms in total. The number of ether oxygens (including phenoxy) is 2. The summed E-state index contributed by atoms with van der Waals surface area (Å²) in [7, 11) is 3.17. The lowest BCUT2D eigenvalue weighted by Gasteiger charge is -2.17. The summed E-state index contributed by atoms with van der Waals surface area (Å²) >= 11 is 0. The van der Waals surface area contributed by atoms with Crippen LogP contribution in [0.3, 0.4) is 0 Å². The fraction of sp³-hybridized carbons (Fsp3) is 0.190. The van der Waals surface area contributed by atoms with Crippen molar-refractivity contribution < 1.29 is 19.1 Å². The van der Waals surface area contributed by atoms with E-state index in [1.807, 2.05) is 13.0 Å². The van der Waals surface area contributed by atoms with Gasteiger partial charge in [0.05, 0.1) is 37.6 Å². The second-order valence-corrected chi connectivity index (χ2v) is 6.38. The molecule has 2 aromatic carbocycles. The van der Waals surface area contributed by atoms with E-state index in [4.69, 9.17) is 9.47 Å². The fourth-order valence-electron chi connectivity index (χ4n) is 3.44. The van der Waals surface area contributed by atoms with Gasteiger partial charge in [0.15, 0.2) is 0 Å². The van der Waals surface area contributed by atoms with Crippen molar-refractivity contribution in [2.45, 2.75) is 13.5 Å². The molecule has 0 bridgehead atoms. The number of aromatic nitrogens is 1. The van der Waals surface area contributed by atoms with Crippen LogP contribution in [0.25, 0.3) is 10.8 Å². The molecule has 4 rings (SSSR count). The van der Waals surface area contributed by atoms with Gasteiger partial charge in [-0.1, -0.05) is 12.1 Å². The second kappa shape index (κ2) is 6.39. The van der Waals surface area contributed by atoms with Crippen LogP contribution in [0, 0.1) is 6.92 Å². The van der Waals surface area contributed by atoms with E-state index in [0.29, 0.717) is 28.3 Å². The normalized spacial score (nSPS) is 13.2. The van der Waals surface area contributed by atoms with Gasteiger partial charge in [-0.25, -0.2) is 0 Å². The largest absolute Gasteiger partial charge is 0.497 e. The number of imide groups is 1. The summed E-state index contributed by atoms with van der Waals surface area (Å²) in [6.07, 6.45) is 1.73. The number of carbonyl (C=O) groups is 2. The van der Waals surface area contributed by atoms with Crippen molar-refractivity contribution in [2.75, 3.05) is 14.2 Å². The molecule has 1 aliphatic heterocycles. The Bertz CT molecular complexity index is 1060. The number of fused-ring (bicyclic) bond motifs is 2. The molecular formula is C21H18N2O4. The first-order valence-corrected chi connectivity index (χ1v) is 8.50. The zero-order chi connectivity index (χ0) is 19.1. The summed E-state index contributed by atoms with van der Waals surface area (Å²) < 4.78 is 10.9. The average Bonchev–Trinajstić information content (AvgIpc) is 2.94. The fourth-order valence-corrected chi connectivity index (χ4v) is 3.44. The topological polar surface area (TPSA) is 68.7 Å². The lowest BCUT2D eigenvalue weighted by atomic mass is 10.0. The Kier molecular flexibility index (Phi) is 4.03. The highest BCUT2D eigenvalue weighted by Gasteiger charge is 2.35. The summed E-state index contributed by atoms with van der Waals surface area (Å²) in [4.78, 5) is 31.1. The van der Waals surface area contributed by atoms with Crippen LogP contribution < -0.4 is 9.47 Å². The molecule has 0 N–H and O–H groups in total. The molecular weight excluding hydrogens is 344 g/mol. The van der Waals surface area contributed by atoms with Crippen molar-refractivity contribution >= 4 is 22.6 Å². The molecule has 0 unspecified atom stereocenters. The molecule has 0 saturated heterocycles. The Hall–Kier alpha value is -3.41. The Labute approximate surface area is 156 Å². The third-order valence-electron chi connectivity index (χ3n) is 4.84. The first-order valence-electron chi connectivity index (χ1n) is 8.50. The summed E-state index contributed by atoms with van der Waals surface area (Å²) in [5.74, 6) is 0.643. The van der Waals surface area contributed by atoms with Crippen molar-refractivity contribution in [2.24, 2.45) is 0 Å². The molecule has 0 radical (unpaired) electrons. The smallest absolute Gasteiger partial charge is 0.261 e. The molecule has 27 heavy (non-hydrogen) atoms. The maximum absolute atomic E-state index is 12.7. The van der Waals surface area contributed by atoms with E-state index < -0.39 is 0 Å². The highest BCUT2D eigenvalue weighted by Crippen LogP contribution is 2.36. The van der Waals surface area contributed by atoms with E-state index in [1.165, 1.54) is 4.90 Å². The van der Waals surface area contributed by atoms with E-state index in [2.05, 4.69) is 4.98 Å². The Morgan fingerprint density at radius 2 is 1.67 bits per heavy atom. The molecule has 3 aromatic rings. The minimum absolute atomic E-state index is 0.0752. The molecule has 2 heterocycles. The molecule has 1 aliphatic rings. The number of hydrogen-bond acceptors (Lipinski definition) is 5. The number of rotatable bonds is 4. The van der Waals surface area contributed by atoms with Gasteiger partial charge in [0.25, 0.3) is 11.8 Å². The molecule has 2 amide bonds. The molecule has 1 aromatic heterocycles. The number of aryl methyl sites for hydroxylation is 1. The van der Waals surface area contributed by atoms with Gasteiger partial charge in [0, 0.05) is 17.6 Å². The van der Waals surface area contributed by atoms with E-state index in [9.17, 15) is 9.59 Å². The second-order valence-electron chi connectivity index (χ2n) is 6.38. The Balaban J connectivity index is 1.83. The zero-order valence-corrected chi connectivity index (χ0v) is 15.3. The maximum atomic E-state index is 12.7. The third kappa shape index (κ3) is 2.61. The van der Waals surface area contributed by atoms with Crippen LogP contribution >= 0.6 is 0 Å². The van der Waals surface area contributed by atoms with E-state index in [-0.39, 0.29) is 18.4 Å². The van der Waals surface area contributed by atoms with Gasteiger partial charge in [-0.3, -0.25) is 19.5 Å². The molecule has 0 atom stereocenters. The van der Waals surface area contributed by atoms with Crippen molar-refractivity contribution in [1.82, 2.24) is 9.88 Å². The molecule has 0 aliphatic carbocycles. The van der Waals surface area contributed by atoms with Crippen LogP contribution in [0.2, 0.25) is 0 Å². The van der Waals surface area contributed by atoms with Crippen molar-refractivity contribution in [3.8, 4) is 11.5 Å². The van der Waals surface area contributed by atoms with Crippen LogP contribution in [-0.4, -0.2) is 35.9 Å². The first kappa shape index (κ1) is 17.0. The summed E-state index contributed by atoms with van der Waals surface area (Å²) in [5.41, 5.74) is 2.40. The van der Waals surface area contributed by atoms with E-state index in [0.717, 1.165) is 16.3 Å².